The van der Waals surface area contributed by atoms with Crippen molar-refractivity contribution in [2.75, 3.05) is 0 Å². The van der Waals surface area contributed by atoms with Gasteiger partial charge in [0.05, 0.1) is 20.1 Å². The van der Waals surface area contributed by atoms with Crippen LogP contribution in [0.1, 0.15) is 0 Å². The molecule has 0 aromatic heterocycles. The van der Waals surface area contributed by atoms with E-state index in [0.717, 1.165) is 12.2 Å². The third kappa shape index (κ3) is 5.42. The van der Waals surface area contributed by atoms with Gasteiger partial charge in [0, 0.05) is 24.3 Å². The van der Waals surface area contributed by atoms with Crippen LogP contribution in [0.15, 0.2) is 48.6 Å². The van der Waals surface area contributed by atoms with Crippen LogP contribution in [0.2, 0.25) is 20.1 Å². The molecule has 0 radical (unpaired) electrons. The Balaban J connectivity index is 1.93. The topological polar surface area (TPSA) is 52.6 Å². The highest BCUT2D eigenvalue weighted by Gasteiger charge is 2.07. The first-order valence-corrected chi connectivity index (χ1v) is 7.88. The molecule has 0 N–H and O–H groups in total. The molecule has 2 rings (SSSR count). The zero-order chi connectivity index (χ0) is 17.7. The van der Waals surface area contributed by atoms with Crippen molar-refractivity contribution in [2.45, 2.75) is 0 Å². The van der Waals surface area contributed by atoms with E-state index in [0.29, 0.717) is 10.0 Å². The molecule has 0 aliphatic rings. The van der Waals surface area contributed by atoms with E-state index in [1.54, 1.807) is 0 Å². The second kappa shape index (κ2) is 8.40. The molecule has 4 nitrogen and oxygen atoms in total. The fraction of sp³-hybridized carbons (Fsp3) is 0. The van der Waals surface area contributed by atoms with Gasteiger partial charge in [0.15, 0.2) is 0 Å². The van der Waals surface area contributed by atoms with Crippen LogP contribution >= 0.6 is 46.4 Å². The summed E-state index contributed by atoms with van der Waals surface area (Å²) in [6, 6.07) is 8.65. The molecule has 0 aliphatic heterocycles. The molecule has 0 heterocycles. The number of hydrogen-bond donors (Lipinski definition) is 0. The lowest BCUT2D eigenvalue weighted by Gasteiger charge is -2.03. The third-order valence-corrected chi connectivity index (χ3v) is 4.05. The molecule has 0 atom stereocenters. The summed E-state index contributed by atoms with van der Waals surface area (Å²) in [6.45, 7) is 0. The van der Waals surface area contributed by atoms with Crippen molar-refractivity contribution in [3.05, 3.63) is 68.6 Å². The van der Waals surface area contributed by atoms with Crippen LogP contribution in [0.4, 0.5) is 0 Å². The van der Waals surface area contributed by atoms with Gasteiger partial charge in [0.2, 0.25) is 0 Å². The first-order chi connectivity index (χ1) is 11.3. The van der Waals surface area contributed by atoms with Crippen molar-refractivity contribution in [3.8, 4) is 11.5 Å². The van der Waals surface area contributed by atoms with Gasteiger partial charge >= 0.3 is 11.9 Å². The van der Waals surface area contributed by atoms with E-state index in [1.165, 1.54) is 36.4 Å². The number of hydrogen-bond acceptors (Lipinski definition) is 4. The number of ether oxygens (including phenoxy) is 2. The zero-order valence-electron chi connectivity index (χ0n) is 11.8. The van der Waals surface area contributed by atoms with Crippen molar-refractivity contribution in [1.29, 1.82) is 0 Å². The summed E-state index contributed by atoms with van der Waals surface area (Å²) < 4.78 is 9.94. The van der Waals surface area contributed by atoms with Gasteiger partial charge in [-0.2, -0.15) is 0 Å². The van der Waals surface area contributed by atoms with Crippen LogP contribution < -0.4 is 9.47 Å². The summed E-state index contributed by atoms with van der Waals surface area (Å²) >= 11 is 23.1. The van der Waals surface area contributed by atoms with Gasteiger partial charge in [-0.25, -0.2) is 9.59 Å². The Kier molecular flexibility index (Phi) is 6.52. The molecule has 0 saturated carbocycles. The predicted molar refractivity (Wildman–Crippen MR) is 93.3 cm³/mol. The first kappa shape index (κ1) is 18.6. The SMILES string of the molecule is O=C(/C=C/C(=O)Oc1ccc(Cl)c(Cl)c1)Oc1ccc(Cl)c(Cl)c1. The summed E-state index contributed by atoms with van der Waals surface area (Å²) in [5.41, 5.74) is 0. The van der Waals surface area contributed by atoms with Crippen LogP contribution in [0.3, 0.4) is 0 Å². The molecule has 2 aromatic rings. The van der Waals surface area contributed by atoms with Crippen molar-refractivity contribution in [2.24, 2.45) is 0 Å². The van der Waals surface area contributed by atoms with Gasteiger partial charge in [-0.15, -0.1) is 0 Å². The minimum Gasteiger partial charge on any atom is -0.423 e. The molecule has 8 heteroatoms. The number of rotatable bonds is 4. The first-order valence-electron chi connectivity index (χ1n) is 6.37. The van der Waals surface area contributed by atoms with Gasteiger partial charge in [0.1, 0.15) is 11.5 Å². The van der Waals surface area contributed by atoms with Crippen molar-refractivity contribution < 1.29 is 19.1 Å². The fourth-order valence-corrected chi connectivity index (χ4v) is 2.09. The minimum atomic E-state index is -0.778. The van der Waals surface area contributed by atoms with Crippen molar-refractivity contribution in [1.82, 2.24) is 0 Å². The van der Waals surface area contributed by atoms with Gasteiger partial charge in [-0.05, 0) is 24.3 Å². The maximum Gasteiger partial charge on any atom is 0.336 e. The van der Waals surface area contributed by atoms with Gasteiger partial charge in [0.25, 0.3) is 0 Å². The van der Waals surface area contributed by atoms with Gasteiger partial charge in [-0.1, -0.05) is 46.4 Å². The fourth-order valence-electron chi connectivity index (χ4n) is 1.52. The Morgan fingerprint density at radius 1 is 0.667 bits per heavy atom. The van der Waals surface area contributed by atoms with Crippen LogP contribution in [0, 0.1) is 0 Å². The van der Waals surface area contributed by atoms with Crippen LogP contribution in [0.25, 0.3) is 0 Å². The lowest BCUT2D eigenvalue weighted by molar-refractivity contribution is -0.131. The summed E-state index contributed by atoms with van der Waals surface area (Å²) in [5.74, 6) is -1.17. The minimum absolute atomic E-state index is 0.192. The predicted octanol–water partition coefficient (Wildman–Crippen LogP) is 5.37. The Morgan fingerprint density at radius 2 is 1.04 bits per heavy atom. The molecular weight excluding hydrogens is 398 g/mol. The molecule has 0 bridgehead atoms. The standard InChI is InChI=1S/C16H8Cl4O4/c17-11-3-1-9(7-13(11)19)23-15(21)5-6-16(22)24-10-2-4-12(18)14(20)8-10/h1-8H/b6-5+. The van der Waals surface area contributed by atoms with E-state index in [1.807, 2.05) is 0 Å². The molecule has 2 aromatic carbocycles. The third-order valence-electron chi connectivity index (χ3n) is 2.57. The highest BCUT2D eigenvalue weighted by atomic mass is 35.5. The Bertz CT molecular complexity index is 750. The lowest BCUT2D eigenvalue weighted by atomic mass is 10.3. The highest BCUT2D eigenvalue weighted by Crippen LogP contribution is 2.27. The Labute approximate surface area is 157 Å². The van der Waals surface area contributed by atoms with E-state index >= 15 is 0 Å². The highest BCUT2D eigenvalue weighted by molar-refractivity contribution is 6.42. The summed E-state index contributed by atoms with van der Waals surface area (Å²) in [5, 5.41) is 1.14. The lowest BCUT2D eigenvalue weighted by Crippen LogP contribution is -2.08. The quantitative estimate of drug-likeness (QED) is 0.390. The van der Waals surface area contributed by atoms with Crippen molar-refractivity contribution in [3.63, 3.8) is 0 Å². The van der Waals surface area contributed by atoms with Crippen LogP contribution in [-0.4, -0.2) is 11.9 Å². The monoisotopic (exact) mass is 404 g/mol. The van der Waals surface area contributed by atoms with Gasteiger partial charge in [-0.3, -0.25) is 0 Å². The average molecular weight is 406 g/mol. The maximum absolute atomic E-state index is 11.6. The average Bonchev–Trinajstić information content (AvgIpc) is 2.53. The Hall–Kier alpha value is -1.72. The molecule has 0 fully saturated rings. The van der Waals surface area contributed by atoms with Crippen LogP contribution in [0.5, 0.6) is 11.5 Å². The second-order valence-electron chi connectivity index (χ2n) is 4.33. The zero-order valence-corrected chi connectivity index (χ0v) is 14.8. The largest absolute Gasteiger partial charge is 0.423 e. The van der Waals surface area contributed by atoms with E-state index < -0.39 is 11.9 Å². The number of halogens is 4. The molecule has 124 valence electrons. The second-order valence-corrected chi connectivity index (χ2v) is 5.96. The van der Waals surface area contributed by atoms with Crippen molar-refractivity contribution >= 4 is 58.3 Å². The molecule has 0 aliphatic carbocycles. The smallest absolute Gasteiger partial charge is 0.336 e. The molecule has 0 saturated heterocycles. The van der Waals surface area contributed by atoms with E-state index in [-0.39, 0.29) is 21.5 Å². The molecule has 24 heavy (non-hydrogen) atoms. The number of benzene rings is 2. The number of carbonyl (C=O) groups is 2. The molecule has 0 unspecified atom stereocenters. The van der Waals surface area contributed by atoms with E-state index in [2.05, 4.69) is 0 Å². The number of esters is 2. The summed E-state index contributed by atoms with van der Waals surface area (Å²) in [7, 11) is 0. The summed E-state index contributed by atoms with van der Waals surface area (Å²) in [4.78, 5) is 23.3. The normalized spacial score (nSPS) is 10.7. The molecule has 0 amide bonds. The summed E-state index contributed by atoms with van der Waals surface area (Å²) in [6.07, 6.45) is 1.84. The number of carbonyl (C=O) groups excluding carboxylic acids is 2. The van der Waals surface area contributed by atoms with E-state index in [9.17, 15) is 9.59 Å². The van der Waals surface area contributed by atoms with Crippen LogP contribution in [-0.2, 0) is 9.59 Å². The molecular formula is C16H8Cl4O4. The maximum atomic E-state index is 11.6. The van der Waals surface area contributed by atoms with E-state index in [4.69, 9.17) is 55.9 Å². The Morgan fingerprint density at radius 3 is 1.38 bits per heavy atom. The molecule has 0 spiro atoms. The van der Waals surface area contributed by atoms with Gasteiger partial charge < -0.3 is 9.47 Å².